The highest BCUT2D eigenvalue weighted by molar-refractivity contribution is 7.99. The minimum Gasteiger partial charge on any atom is -0.337 e. The number of rotatable bonds is 3. The fourth-order valence-corrected chi connectivity index (χ4v) is 2.70. The maximum absolute atomic E-state index is 5.00. The molecule has 1 atom stereocenters. The maximum atomic E-state index is 5.00. The van der Waals surface area contributed by atoms with Gasteiger partial charge >= 0.3 is 0 Å². The molecule has 0 spiro atoms. The molecule has 0 aliphatic carbocycles. The third-order valence-electron chi connectivity index (χ3n) is 2.38. The molecular weight excluding hydrogens is 216 g/mol. The third-order valence-corrected chi connectivity index (χ3v) is 3.41. The average Bonchev–Trinajstić information content (AvgIpc) is 2.68. The van der Waals surface area contributed by atoms with E-state index in [1.54, 1.807) is 0 Å². The molecule has 1 aromatic heterocycles. The van der Waals surface area contributed by atoms with Crippen molar-refractivity contribution in [1.29, 1.82) is 0 Å². The van der Waals surface area contributed by atoms with E-state index < -0.39 is 0 Å². The fraction of sp³-hybridized carbons (Fsp3) is 0.750. The van der Waals surface area contributed by atoms with Gasteiger partial charge in [-0.3, -0.25) is 9.74 Å². The van der Waals surface area contributed by atoms with E-state index in [-0.39, 0.29) is 12.6 Å². The number of nitrogens with zero attached hydrogens (tertiary/aromatic N) is 3. The van der Waals surface area contributed by atoms with Gasteiger partial charge in [-0.25, -0.2) is 5.90 Å². The van der Waals surface area contributed by atoms with Gasteiger partial charge in [0.15, 0.2) is 5.82 Å². The van der Waals surface area contributed by atoms with E-state index in [1.165, 1.54) is 0 Å². The molecule has 0 bridgehead atoms. The molecule has 0 saturated carbocycles. The van der Waals surface area contributed by atoms with E-state index in [4.69, 9.17) is 10.4 Å². The second-order valence-electron chi connectivity index (χ2n) is 3.43. The van der Waals surface area contributed by atoms with Gasteiger partial charge in [0, 0.05) is 18.1 Å². The lowest BCUT2D eigenvalue weighted by Gasteiger charge is -2.29. The second kappa shape index (κ2) is 4.93. The molecule has 84 valence electrons. The lowest BCUT2D eigenvalue weighted by Crippen LogP contribution is -2.33. The first-order chi connectivity index (χ1) is 7.31. The van der Waals surface area contributed by atoms with Crippen molar-refractivity contribution in [2.24, 2.45) is 5.90 Å². The Morgan fingerprint density at radius 2 is 2.60 bits per heavy atom. The van der Waals surface area contributed by atoms with Crippen molar-refractivity contribution in [3.05, 3.63) is 11.7 Å². The Labute approximate surface area is 92.1 Å². The van der Waals surface area contributed by atoms with Crippen LogP contribution in [0.4, 0.5) is 0 Å². The van der Waals surface area contributed by atoms with Gasteiger partial charge in [0.2, 0.25) is 0 Å². The van der Waals surface area contributed by atoms with Crippen molar-refractivity contribution in [1.82, 2.24) is 15.0 Å². The van der Waals surface area contributed by atoms with Crippen molar-refractivity contribution in [2.45, 2.75) is 12.6 Å². The average molecular weight is 230 g/mol. The molecule has 0 radical (unpaired) electrons. The highest BCUT2D eigenvalue weighted by Gasteiger charge is 2.25. The quantitative estimate of drug-likeness (QED) is 0.742. The lowest BCUT2D eigenvalue weighted by atomic mass is 10.3. The number of hydrogen-bond donors (Lipinski definition) is 1. The van der Waals surface area contributed by atoms with Crippen LogP contribution in [0.15, 0.2) is 4.52 Å². The summed E-state index contributed by atoms with van der Waals surface area (Å²) in [6, 6.07) is 0.235. The summed E-state index contributed by atoms with van der Waals surface area (Å²) in [7, 11) is 2.07. The van der Waals surface area contributed by atoms with E-state index in [2.05, 4.69) is 26.9 Å². The Morgan fingerprint density at radius 3 is 3.33 bits per heavy atom. The van der Waals surface area contributed by atoms with Crippen LogP contribution >= 0.6 is 11.8 Å². The zero-order chi connectivity index (χ0) is 10.7. The summed E-state index contributed by atoms with van der Waals surface area (Å²) in [6.45, 7) is 1.21. The van der Waals surface area contributed by atoms with Crippen molar-refractivity contribution >= 4 is 11.8 Å². The molecule has 1 aliphatic heterocycles. The molecule has 1 aromatic rings. The van der Waals surface area contributed by atoms with Crippen LogP contribution in [0.5, 0.6) is 0 Å². The standard InChI is InChI=1S/C8H14N4O2S/c1-12-2-3-15-5-6(12)8-10-7(4-13-9)14-11-8/h6H,2-5,9H2,1H3. The van der Waals surface area contributed by atoms with Crippen LogP contribution in [0.25, 0.3) is 0 Å². The topological polar surface area (TPSA) is 77.4 Å². The first-order valence-electron chi connectivity index (χ1n) is 4.73. The lowest BCUT2D eigenvalue weighted by molar-refractivity contribution is 0.0995. The monoisotopic (exact) mass is 230 g/mol. The van der Waals surface area contributed by atoms with Crippen molar-refractivity contribution in [2.75, 3.05) is 25.1 Å². The summed E-state index contributed by atoms with van der Waals surface area (Å²) >= 11 is 1.90. The number of thioether (sulfide) groups is 1. The Balaban J connectivity index is 2.06. The Kier molecular flexibility index (Phi) is 3.57. The zero-order valence-electron chi connectivity index (χ0n) is 8.55. The van der Waals surface area contributed by atoms with Crippen LogP contribution in [0.1, 0.15) is 17.8 Å². The molecule has 2 rings (SSSR count). The van der Waals surface area contributed by atoms with Crippen LogP contribution in [0, 0.1) is 0 Å². The van der Waals surface area contributed by atoms with Crippen LogP contribution in [-0.2, 0) is 11.4 Å². The predicted molar refractivity (Wildman–Crippen MR) is 56.0 cm³/mol. The van der Waals surface area contributed by atoms with Gasteiger partial charge in [0.05, 0.1) is 6.04 Å². The van der Waals surface area contributed by atoms with Crippen LogP contribution < -0.4 is 5.90 Å². The normalized spacial score (nSPS) is 23.2. The van der Waals surface area contributed by atoms with Gasteiger partial charge < -0.3 is 4.52 Å². The van der Waals surface area contributed by atoms with Crippen LogP contribution in [0.2, 0.25) is 0 Å². The van der Waals surface area contributed by atoms with E-state index in [0.29, 0.717) is 5.89 Å². The molecule has 1 fully saturated rings. The molecular formula is C8H14N4O2S. The van der Waals surface area contributed by atoms with Gasteiger partial charge in [-0.1, -0.05) is 5.16 Å². The summed E-state index contributed by atoms with van der Waals surface area (Å²) < 4.78 is 5.00. The maximum Gasteiger partial charge on any atom is 0.254 e. The molecule has 2 heterocycles. The molecule has 1 saturated heterocycles. The molecule has 0 aromatic carbocycles. The molecule has 1 aliphatic rings. The van der Waals surface area contributed by atoms with Gasteiger partial charge in [0.25, 0.3) is 5.89 Å². The predicted octanol–water partition coefficient (Wildman–Crippen LogP) is 0.180. The molecule has 7 heteroatoms. The Hall–Kier alpha value is -0.630. The summed E-state index contributed by atoms with van der Waals surface area (Å²) in [5, 5.41) is 3.93. The summed E-state index contributed by atoms with van der Waals surface area (Å²) in [6.07, 6.45) is 0. The number of aromatic nitrogens is 2. The Morgan fingerprint density at radius 1 is 1.73 bits per heavy atom. The van der Waals surface area contributed by atoms with Gasteiger partial charge in [-0.15, -0.1) is 0 Å². The van der Waals surface area contributed by atoms with Crippen LogP contribution in [0.3, 0.4) is 0 Å². The largest absolute Gasteiger partial charge is 0.337 e. The summed E-state index contributed by atoms with van der Waals surface area (Å²) in [5.41, 5.74) is 0. The van der Waals surface area contributed by atoms with Crippen LogP contribution in [-0.4, -0.2) is 40.1 Å². The molecule has 15 heavy (non-hydrogen) atoms. The van der Waals surface area contributed by atoms with E-state index in [0.717, 1.165) is 23.9 Å². The first kappa shape index (κ1) is 10.9. The highest BCUT2D eigenvalue weighted by atomic mass is 32.2. The van der Waals surface area contributed by atoms with Gasteiger partial charge in [0.1, 0.15) is 6.61 Å². The second-order valence-corrected chi connectivity index (χ2v) is 4.58. The minimum absolute atomic E-state index is 0.163. The third kappa shape index (κ3) is 2.49. The van der Waals surface area contributed by atoms with E-state index in [9.17, 15) is 0 Å². The Bertz CT molecular complexity index is 319. The molecule has 2 N–H and O–H groups in total. The number of hydrogen-bond acceptors (Lipinski definition) is 7. The van der Waals surface area contributed by atoms with Gasteiger partial charge in [-0.05, 0) is 7.05 Å². The highest BCUT2D eigenvalue weighted by Crippen LogP contribution is 2.26. The molecule has 1 unspecified atom stereocenters. The first-order valence-corrected chi connectivity index (χ1v) is 5.89. The number of nitrogens with two attached hydrogens (primary N) is 1. The van der Waals surface area contributed by atoms with Crippen molar-refractivity contribution < 1.29 is 9.36 Å². The molecule has 6 nitrogen and oxygen atoms in total. The fourth-order valence-electron chi connectivity index (χ4n) is 1.49. The van der Waals surface area contributed by atoms with Gasteiger partial charge in [-0.2, -0.15) is 16.7 Å². The van der Waals surface area contributed by atoms with Crippen molar-refractivity contribution in [3.8, 4) is 0 Å². The van der Waals surface area contributed by atoms with E-state index in [1.807, 2.05) is 11.8 Å². The minimum atomic E-state index is 0.163. The smallest absolute Gasteiger partial charge is 0.254 e. The zero-order valence-corrected chi connectivity index (χ0v) is 9.37. The van der Waals surface area contributed by atoms with E-state index >= 15 is 0 Å². The summed E-state index contributed by atoms with van der Waals surface area (Å²) in [5.74, 6) is 8.24. The SMILES string of the molecule is CN1CCSCC1c1noc(CON)n1. The summed E-state index contributed by atoms with van der Waals surface area (Å²) in [4.78, 5) is 10.9. The van der Waals surface area contributed by atoms with Crippen molar-refractivity contribution in [3.63, 3.8) is 0 Å². The molecule has 0 amide bonds.